The highest BCUT2D eigenvalue weighted by atomic mass is 32.2. The molecule has 1 rings (SSSR count). The molecule has 0 aromatic heterocycles. The van der Waals surface area contributed by atoms with Gasteiger partial charge < -0.3 is 10.0 Å². The van der Waals surface area contributed by atoms with Crippen molar-refractivity contribution in [1.29, 1.82) is 0 Å². The van der Waals surface area contributed by atoms with Crippen LogP contribution < -0.4 is 0 Å². The second kappa shape index (κ2) is 13.2. The van der Waals surface area contributed by atoms with E-state index in [4.69, 9.17) is 4.55 Å². The third-order valence-electron chi connectivity index (χ3n) is 6.25. The smallest absolute Gasteiger partial charge is 0.267 e. The maximum atomic E-state index is 10.8. The van der Waals surface area contributed by atoms with Crippen LogP contribution in [-0.2, 0) is 10.1 Å². The molecule has 0 heterocycles. The minimum atomic E-state index is -4.11. The Hall–Kier alpha value is -0.170. The number of hydrogen-bond acceptors (Lipinski definition) is 4. The zero-order valence-electron chi connectivity index (χ0n) is 18.6. The number of rotatable bonds is 14. The van der Waals surface area contributed by atoms with Crippen molar-refractivity contribution in [3.05, 3.63) is 0 Å². The van der Waals surface area contributed by atoms with E-state index in [-0.39, 0.29) is 6.54 Å². The third kappa shape index (κ3) is 13.1. The molecule has 0 aromatic carbocycles. The highest BCUT2D eigenvalue weighted by molar-refractivity contribution is 7.85. The Morgan fingerprint density at radius 3 is 2.11 bits per heavy atom. The average Bonchev–Trinajstić information content (AvgIpc) is 2.54. The molecule has 1 aliphatic carbocycles. The summed E-state index contributed by atoms with van der Waals surface area (Å²) in [7, 11) is -2.19. The molecule has 1 fully saturated rings. The summed E-state index contributed by atoms with van der Waals surface area (Å²) in [5.41, 5.74) is 0. The van der Waals surface area contributed by atoms with Gasteiger partial charge in [-0.15, -0.1) is 0 Å². The Morgan fingerprint density at radius 2 is 1.54 bits per heavy atom. The largest absolute Gasteiger partial charge is 0.391 e. The lowest BCUT2D eigenvalue weighted by Gasteiger charge is -2.32. The van der Waals surface area contributed by atoms with Crippen LogP contribution in [0.15, 0.2) is 0 Å². The van der Waals surface area contributed by atoms with Crippen LogP contribution in [0.1, 0.15) is 85.0 Å². The molecule has 0 saturated heterocycles. The van der Waals surface area contributed by atoms with Gasteiger partial charge in [0.25, 0.3) is 10.1 Å². The van der Waals surface area contributed by atoms with E-state index in [9.17, 15) is 13.5 Å². The summed E-state index contributed by atoms with van der Waals surface area (Å²) in [6, 6.07) is 0. The van der Waals surface area contributed by atoms with Gasteiger partial charge in [-0.1, -0.05) is 72.1 Å². The zero-order valence-corrected chi connectivity index (χ0v) is 19.5. The molecule has 2 atom stereocenters. The standard InChI is InChI=1S/C22H45NO4S/c1-18(2)7-5-8-19(3)9-6-10-20-11-13-21(14-12-20)15-23(4)16-22(24)17-28(25,26)27/h18-22,24H,5-17H2,1-4H3,(H,25,26,27). The minimum Gasteiger partial charge on any atom is -0.391 e. The summed E-state index contributed by atoms with van der Waals surface area (Å²) < 4.78 is 30.5. The molecule has 28 heavy (non-hydrogen) atoms. The van der Waals surface area contributed by atoms with Crippen molar-refractivity contribution in [1.82, 2.24) is 4.90 Å². The van der Waals surface area contributed by atoms with Crippen molar-refractivity contribution in [3.63, 3.8) is 0 Å². The first kappa shape index (κ1) is 25.9. The zero-order chi connectivity index (χ0) is 21.2. The maximum Gasteiger partial charge on any atom is 0.267 e. The van der Waals surface area contributed by atoms with E-state index in [0.29, 0.717) is 5.92 Å². The predicted molar refractivity (Wildman–Crippen MR) is 117 cm³/mol. The van der Waals surface area contributed by atoms with E-state index in [2.05, 4.69) is 20.8 Å². The lowest BCUT2D eigenvalue weighted by atomic mass is 9.79. The Morgan fingerprint density at radius 1 is 0.964 bits per heavy atom. The number of aliphatic hydroxyl groups is 1. The van der Waals surface area contributed by atoms with Gasteiger partial charge in [-0.2, -0.15) is 8.42 Å². The number of nitrogens with zero attached hydrogens (tertiary/aromatic N) is 1. The van der Waals surface area contributed by atoms with E-state index in [1.807, 2.05) is 11.9 Å². The van der Waals surface area contributed by atoms with E-state index < -0.39 is 22.0 Å². The molecule has 6 heteroatoms. The Labute approximate surface area is 174 Å². The molecule has 2 N–H and O–H groups in total. The van der Waals surface area contributed by atoms with Crippen molar-refractivity contribution < 1.29 is 18.1 Å². The molecule has 0 radical (unpaired) electrons. The Balaban J connectivity index is 2.13. The Bertz CT molecular complexity index is 501. The predicted octanol–water partition coefficient (Wildman–Crippen LogP) is 4.61. The maximum absolute atomic E-state index is 10.8. The first-order valence-corrected chi connectivity index (χ1v) is 13.0. The van der Waals surface area contributed by atoms with Crippen molar-refractivity contribution in [3.8, 4) is 0 Å². The highest BCUT2D eigenvalue weighted by Crippen LogP contribution is 2.33. The summed E-state index contributed by atoms with van der Waals surface area (Å²) in [5.74, 6) is 2.61. The minimum absolute atomic E-state index is 0.286. The van der Waals surface area contributed by atoms with Gasteiger partial charge in [-0.05, 0) is 43.6 Å². The molecule has 168 valence electrons. The summed E-state index contributed by atoms with van der Waals surface area (Å²) in [6.45, 7) is 8.20. The van der Waals surface area contributed by atoms with Crippen molar-refractivity contribution in [2.75, 3.05) is 25.9 Å². The fourth-order valence-corrected chi connectivity index (χ4v) is 5.24. The van der Waals surface area contributed by atoms with Crippen LogP contribution >= 0.6 is 0 Å². The first-order chi connectivity index (χ1) is 13.0. The molecule has 0 aliphatic heterocycles. The second-order valence-corrected chi connectivity index (χ2v) is 11.4. The van der Waals surface area contributed by atoms with E-state index >= 15 is 0 Å². The molecule has 1 saturated carbocycles. The van der Waals surface area contributed by atoms with Gasteiger partial charge in [0.05, 0.1) is 6.10 Å². The van der Waals surface area contributed by atoms with Gasteiger partial charge in [-0.3, -0.25) is 4.55 Å². The summed E-state index contributed by atoms with van der Waals surface area (Å²) in [6.07, 6.45) is 12.2. The van der Waals surface area contributed by atoms with Crippen LogP contribution in [0.2, 0.25) is 0 Å². The van der Waals surface area contributed by atoms with Crippen LogP contribution in [0, 0.1) is 23.7 Å². The molecule has 0 spiro atoms. The molecule has 1 aliphatic rings. The number of likely N-dealkylation sites (N-methyl/N-ethyl adjacent to an activating group) is 1. The van der Waals surface area contributed by atoms with Gasteiger partial charge in [-0.25, -0.2) is 0 Å². The van der Waals surface area contributed by atoms with Crippen LogP contribution in [-0.4, -0.2) is 55.0 Å². The lowest BCUT2D eigenvalue weighted by molar-refractivity contribution is 0.121. The second-order valence-electron chi connectivity index (χ2n) is 9.87. The van der Waals surface area contributed by atoms with E-state index in [1.54, 1.807) is 0 Å². The van der Waals surface area contributed by atoms with Gasteiger partial charge in [0.15, 0.2) is 0 Å². The van der Waals surface area contributed by atoms with E-state index in [1.165, 1.54) is 64.2 Å². The van der Waals surface area contributed by atoms with Crippen LogP contribution in [0.5, 0.6) is 0 Å². The number of aliphatic hydroxyl groups excluding tert-OH is 1. The van der Waals surface area contributed by atoms with E-state index in [0.717, 1.165) is 24.3 Å². The van der Waals surface area contributed by atoms with Gasteiger partial charge in [0, 0.05) is 13.1 Å². The summed E-state index contributed by atoms with van der Waals surface area (Å²) in [4.78, 5) is 2.00. The fraction of sp³-hybridized carbons (Fsp3) is 1.00. The highest BCUT2D eigenvalue weighted by Gasteiger charge is 2.23. The monoisotopic (exact) mass is 419 g/mol. The molecule has 0 bridgehead atoms. The molecule has 0 aromatic rings. The third-order valence-corrected chi connectivity index (χ3v) is 7.06. The first-order valence-electron chi connectivity index (χ1n) is 11.4. The average molecular weight is 420 g/mol. The van der Waals surface area contributed by atoms with Crippen LogP contribution in [0.3, 0.4) is 0 Å². The van der Waals surface area contributed by atoms with Gasteiger partial charge in [0.1, 0.15) is 5.75 Å². The Kier molecular flexibility index (Phi) is 12.2. The lowest BCUT2D eigenvalue weighted by Crippen LogP contribution is -2.37. The van der Waals surface area contributed by atoms with Crippen molar-refractivity contribution >= 4 is 10.1 Å². The molecule has 0 amide bonds. The van der Waals surface area contributed by atoms with Crippen molar-refractivity contribution in [2.24, 2.45) is 23.7 Å². The molecular formula is C22H45NO4S. The normalized spacial score (nSPS) is 23.3. The van der Waals surface area contributed by atoms with Gasteiger partial charge >= 0.3 is 0 Å². The van der Waals surface area contributed by atoms with Crippen LogP contribution in [0.25, 0.3) is 0 Å². The molecule has 5 nitrogen and oxygen atoms in total. The van der Waals surface area contributed by atoms with Crippen LogP contribution in [0.4, 0.5) is 0 Å². The topological polar surface area (TPSA) is 77.8 Å². The van der Waals surface area contributed by atoms with Crippen molar-refractivity contribution in [2.45, 2.75) is 91.1 Å². The SMILES string of the molecule is CC(C)CCCC(C)CCCC1CCC(CN(C)CC(O)CS(=O)(=O)O)CC1. The summed E-state index contributed by atoms with van der Waals surface area (Å²) >= 11 is 0. The molecule has 2 unspecified atom stereocenters. The number of hydrogen-bond donors (Lipinski definition) is 2. The fourth-order valence-electron chi connectivity index (χ4n) is 4.65. The molecular weight excluding hydrogens is 374 g/mol. The quantitative estimate of drug-likeness (QED) is 0.402. The van der Waals surface area contributed by atoms with Gasteiger partial charge in [0.2, 0.25) is 0 Å². The summed E-state index contributed by atoms with van der Waals surface area (Å²) in [5, 5.41) is 9.77.